The highest BCUT2D eigenvalue weighted by Crippen LogP contribution is 2.22. The maximum atomic E-state index is 12.6. The maximum Gasteiger partial charge on any atom is 0.260 e. The second kappa shape index (κ2) is 6.42. The Morgan fingerprint density at radius 2 is 2.19 bits per heavy atom. The summed E-state index contributed by atoms with van der Waals surface area (Å²) in [5.41, 5.74) is 2.88. The summed E-state index contributed by atoms with van der Waals surface area (Å²) in [6.07, 6.45) is 4.43. The van der Waals surface area contributed by atoms with Crippen LogP contribution in [0.25, 0.3) is 5.65 Å². The van der Waals surface area contributed by atoms with E-state index < -0.39 is 10.0 Å². The number of hydrazine groups is 1. The number of sulfonamides is 1. The number of nitrogens with one attached hydrogen (secondary N) is 2. The van der Waals surface area contributed by atoms with Gasteiger partial charge in [0.05, 0.1) is 0 Å². The smallest absolute Gasteiger partial charge is 0.260 e. The first-order chi connectivity index (χ1) is 9.99. The van der Waals surface area contributed by atoms with Crippen molar-refractivity contribution >= 4 is 21.5 Å². The molecule has 0 aromatic carbocycles. The molecule has 116 valence electrons. The van der Waals surface area contributed by atoms with Crippen molar-refractivity contribution in [1.29, 1.82) is 0 Å². The van der Waals surface area contributed by atoms with Crippen molar-refractivity contribution in [2.24, 2.45) is 5.84 Å². The predicted octanol–water partition coefficient (Wildman–Crippen LogP) is 1.48. The second-order valence-electron chi connectivity index (χ2n) is 5.00. The van der Waals surface area contributed by atoms with E-state index in [-0.39, 0.29) is 16.9 Å². The minimum Gasteiger partial charge on any atom is -0.306 e. The van der Waals surface area contributed by atoms with Crippen LogP contribution in [-0.2, 0) is 10.0 Å². The maximum absolute atomic E-state index is 12.6. The molecule has 21 heavy (non-hydrogen) atoms. The van der Waals surface area contributed by atoms with Crippen LogP contribution in [0.5, 0.6) is 0 Å². The van der Waals surface area contributed by atoms with Gasteiger partial charge in [-0.15, -0.1) is 0 Å². The predicted molar refractivity (Wildman–Crippen MR) is 82.3 cm³/mol. The van der Waals surface area contributed by atoms with Crippen molar-refractivity contribution in [2.75, 3.05) is 5.43 Å². The zero-order chi connectivity index (χ0) is 15.5. The third-order valence-corrected chi connectivity index (χ3v) is 4.84. The van der Waals surface area contributed by atoms with Gasteiger partial charge in [-0.3, -0.25) is 4.40 Å². The van der Waals surface area contributed by atoms with Crippen LogP contribution in [-0.4, -0.2) is 23.8 Å². The van der Waals surface area contributed by atoms with Gasteiger partial charge in [0, 0.05) is 12.2 Å². The molecule has 0 radical (unpaired) electrons. The van der Waals surface area contributed by atoms with Crippen LogP contribution in [0.1, 0.15) is 33.1 Å². The van der Waals surface area contributed by atoms with Crippen LogP contribution in [0.3, 0.4) is 0 Å². The molecular weight excluding hydrogens is 290 g/mol. The third kappa shape index (κ3) is 3.34. The molecule has 1 unspecified atom stereocenters. The number of hydrogen-bond donors (Lipinski definition) is 3. The molecular formula is C13H21N5O2S. The van der Waals surface area contributed by atoms with E-state index in [1.165, 1.54) is 4.40 Å². The van der Waals surface area contributed by atoms with Gasteiger partial charge in [-0.05, 0) is 25.5 Å². The first-order valence-corrected chi connectivity index (χ1v) is 8.44. The third-order valence-electron chi connectivity index (χ3n) is 3.22. The van der Waals surface area contributed by atoms with Crippen molar-refractivity contribution in [3.05, 3.63) is 24.4 Å². The monoisotopic (exact) mass is 311 g/mol. The quantitative estimate of drug-likeness (QED) is 0.531. The summed E-state index contributed by atoms with van der Waals surface area (Å²) in [7, 11) is -3.71. The first-order valence-electron chi connectivity index (χ1n) is 6.95. The largest absolute Gasteiger partial charge is 0.306 e. The lowest BCUT2D eigenvalue weighted by Gasteiger charge is -2.14. The highest BCUT2D eigenvalue weighted by molar-refractivity contribution is 7.89. The van der Waals surface area contributed by atoms with E-state index in [4.69, 9.17) is 5.84 Å². The molecule has 0 aliphatic carbocycles. The summed E-state index contributed by atoms with van der Waals surface area (Å²) in [5.74, 6) is 5.54. The summed E-state index contributed by atoms with van der Waals surface area (Å²) in [4.78, 5) is 4.17. The van der Waals surface area contributed by atoms with E-state index in [1.807, 2.05) is 6.92 Å². The fraction of sp³-hybridized carbons (Fsp3) is 0.462. The van der Waals surface area contributed by atoms with Crippen LogP contribution in [0.4, 0.5) is 5.82 Å². The summed E-state index contributed by atoms with van der Waals surface area (Å²) in [6.45, 7) is 3.92. The number of rotatable bonds is 7. The molecule has 0 fully saturated rings. The first kappa shape index (κ1) is 15.7. The number of anilines is 1. The Morgan fingerprint density at radius 3 is 2.86 bits per heavy atom. The van der Waals surface area contributed by atoms with Crippen LogP contribution in [0.15, 0.2) is 29.4 Å². The van der Waals surface area contributed by atoms with E-state index in [2.05, 4.69) is 22.1 Å². The fourth-order valence-electron chi connectivity index (χ4n) is 2.21. The molecule has 0 amide bonds. The normalized spacial score (nSPS) is 13.5. The fourth-order valence-corrected chi connectivity index (χ4v) is 3.75. The number of aromatic nitrogens is 2. The number of hydrogen-bond acceptors (Lipinski definition) is 5. The number of fused-ring (bicyclic) bond motifs is 1. The van der Waals surface area contributed by atoms with Crippen LogP contribution in [0.2, 0.25) is 0 Å². The highest BCUT2D eigenvalue weighted by Gasteiger charge is 2.26. The van der Waals surface area contributed by atoms with Gasteiger partial charge in [-0.2, -0.15) is 0 Å². The van der Waals surface area contributed by atoms with E-state index in [0.29, 0.717) is 5.65 Å². The zero-order valence-corrected chi connectivity index (χ0v) is 13.0. The van der Waals surface area contributed by atoms with Gasteiger partial charge in [0.2, 0.25) is 0 Å². The summed E-state index contributed by atoms with van der Waals surface area (Å²) >= 11 is 0. The van der Waals surface area contributed by atoms with E-state index >= 15 is 0 Å². The summed E-state index contributed by atoms with van der Waals surface area (Å²) in [6, 6.07) is 5.11. The van der Waals surface area contributed by atoms with Gasteiger partial charge < -0.3 is 5.43 Å². The average molecular weight is 311 g/mol. The molecule has 2 aromatic heterocycles. The topological polar surface area (TPSA) is 102 Å². The molecule has 2 heterocycles. The number of nitrogens with zero attached hydrogens (tertiary/aromatic N) is 2. The highest BCUT2D eigenvalue weighted by atomic mass is 32.2. The SMILES string of the molecule is CCCCC(C)NS(=O)(=O)c1c(NN)nc2ccccn12. The minimum absolute atomic E-state index is 0.0314. The van der Waals surface area contributed by atoms with Crippen molar-refractivity contribution in [3.8, 4) is 0 Å². The Bertz CT molecular complexity index is 710. The molecule has 1 atom stereocenters. The molecule has 0 aliphatic heterocycles. The Kier molecular flexibility index (Phi) is 4.81. The number of nitrogen functional groups attached to an aromatic ring is 1. The summed E-state index contributed by atoms with van der Waals surface area (Å²) in [5, 5.41) is 0.0314. The van der Waals surface area contributed by atoms with Gasteiger partial charge in [0.1, 0.15) is 5.65 Å². The van der Waals surface area contributed by atoms with E-state index in [0.717, 1.165) is 19.3 Å². The lowest BCUT2D eigenvalue weighted by atomic mass is 10.2. The number of pyridine rings is 1. The zero-order valence-electron chi connectivity index (χ0n) is 12.2. The molecule has 2 aromatic rings. The van der Waals surface area contributed by atoms with Gasteiger partial charge in [0.15, 0.2) is 10.8 Å². The van der Waals surface area contributed by atoms with Gasteiger partial charge >= 0.3 is 0 Å². The average Bonchev–Trinajstić information content (AvgIpc) is 2.83. The molecule has 0 saturated heterocycles. The summed E-state index contributed by atoms with van der Waals surface area (Å²) < 4.78 is 29.4. The lowest BCUT2D eigenvalue weighted by Crippen LogP contribution is -2.34. The molecule has 0 aliphatic rings. The van der Waals surface area contributed by atoms with E-state index in [9.17, 15) is 8.42 Å². The molecule has 0 bridgehead atoms. The standard InChI is InChI=1S/C13H21N5O2S/c1-3-4-7-10(2)17-21(19,20)13-12(16-14)15-11-8-5-6-9-18(11)13/h5-6,8-10,16-17H,3-4,7,14H2,1-2H3. The van der Waals surface area contributed by atoms with Crippen molar-refractivity contribution < 1.29 is 8.42 Å². The molecule has 4 N–H and O–H groups in total. The van der Waals surface area contributed by atoms with Crippen LogP contribution >= 0.6 is 0 Å². The molecule has 0 spiro atoms. The number of imidazole rings is 1. The van der Waals surface area contributed by atoms with Crippen LogP contribution in [0, 0.1) is 0 Å². The Balaban J connectivity index is 2.39. The van der Waals surface area contributed by atoms with Crippen LogP contribution < -0.4 is 16.0 Å². The lowest BCUT2D eigenvalue weighted by molar-refractivity contribution is 0.531. The number of nitrogens with two attached hydrogens (primary N) is 1. The van der Waals surface area contributed by atoms with Crippen molar-refractivity contribution in [3.63, 3.8) is 0 Å². The Labute approximate surface area is 124 Å². The molecule has 8 heteroatoms. The minimum atomic E-state index is -3.71. The Morgan fingerprint density at radius 1 is 1.43 bits per heavy atom. The van der Waals surface area contributed by atoms with Gasteiger partial charge in [-0.25, -0.2) is 24.0 Å². The molecule has 2 rings (SSSR count). The number of unbranched alkanes of at least 4 members (excludes halogenated alkanes) is 1. The van der Waals surface area contributed by atoms with Gasteiger partial charge in [0.25, 0.3) is 10.0 Å². The molecule has 7 nitrogen and oxygen atoms in total. The Hall–Kier alpha value is -1.64. The van der Waals surface area contributed by atoms with Crippen molar-refractivity contribution in [1.82, 2.24) is 14.1 Å². The van der Waals surface area contributed by atoms with E-state index in [1.54, 1.807) is 24.4 Å². The van der Waals surface area contributed by atoms with Crippen molar-refractivity contribution in [2.45, 2.75) is 44.2 Å². The van der Waals surface area contributed by atoms with Gasteiger partial charge in [-0.1, -0.05) is 25.8 Å². The molecule has 0 saturated carbocycles. The second-order valence-corrected chi connectivity index (χ2v) is 6.63.